The summed E-state index contributed by atoms with van der Waals surface area (Å²) in [6.07, 6.45) is 12.6. The first kappa shape index (κ1) is 6.51. The second-order valence-electron chi connectivity index (χ2n) is 5.21. The SMILES string of the molecule is C1CCC2(C1)CCC1CC1C2. The van der Waals surface area contributed by atoms with Gasteiger partial charge in [0, 0.05) is 0 Å². The van der Waals surface area contributed by atoms with Gasteiger partial charge < -0.3 is 0 Å². The Morgan fingerprint density at radius 1 is 0.909 bits per heavy atom. The van der Waals surface area contributed by atoms with E-state index >= 15 is 0 Å². The minimum atomic E-state index is 0.887. The van der Waals surface area contributed by atoms with E-state index in [1.54, 1.807) is 38.5 Å². The highest BCUT2D eigenvalue weighted by Crippen LogP contribution is 2.60. The molecule has 2 unspecified atom stereocenters. The zero-order valence-electron chi connectivity index (χ0n) is 7.31. The molecule has 0 saturated heterocycles. The summed E-state index contributed by atoms with van der Waals surface area (Å²) in [6, 6.07) is 0. The van der Waals surface area contributed by atoms with Gasteiger partial charge >= 0.3 is 0 Å². The standard InChI is InChI=1S/C11H18/c1-2-5-11(4-1)6-3-9-7-10(9)8-11/h9-10H,1-8H2. The Morgan fingerprint density at radius 2 is 1.73 bits per heavy atom. The quantitative estimate of drug-likeness (QED) is 0.496. The first-order valence-electron chi connectivity index (χ1n) is 5.38. The zero-order valence-corrected chi connectivity index (χ0v) is 7.31. The maximum absolute atomic E-state index is 1.62. The molecule has 3 aliphatic rings. The summed E-state index contributed by atoms with van der Waals surface area (Å²) in [4.78, 5) is 0. The smallest absolute Gasteiger partial charge is 0.0295 e. The van der Waals surface area contributed by atoms with Crippen molar-refractivity contribution in [3.63, 3.8) is 0 Å². The molecule has 3 saturated carbocycles. The molecule has 0 aromatic rings. The molecule has 11 heavy (non-hydrogen) atoms. The predicted molar refractivity (Wildman–Crippen MR) is 46.3 cm³/mol. The van der Waals surface area contributed by atoms with Gasteiger partial charge in [-0.25, -0.2) is 0 Å². The molecule has 1 spiro atoms. The van der Waals surface area contributed by atoms with Crippen LogP contribution in [0.5, 0.6) is 0 Å². The summed E-state index contributed by atoms with van der Waals surface area (Å²) >= 11 is 0. The monoisotopic (exact) mass is 150 g/mol. The van der Waals surface area contributed by atoms with Crippen LogP contribution in [0.2, 0.25) is 0 Å². The van der Waals surface area contributed by atoms with E-state index in [9.17, 15) is 0 Å². The van der Waals surface area contributed by atoms with E-state index in [1.165, 1.54) is 24.7 Å². The molecular weight excluding hydrogens is 132 g/mol. The molecule has 0 radical (unpaired) electrons. The maximum Gasteiger partial charge on any atom is -0.0295 e. The van der Waals surface area contributed by atoms with Crippen molar-refractivity contribution in [2.45, 2.75) is 51.4 Å². The van der Waals surface area contributed by atoms with Gasteiger partial charge in [-0.2, -0.15) is 0 Å². The Balaban J connectivity index is 1.76. The van der Waals surface area contributed by atoms with Gasteiger partial charge in [-0.05, 0) is 55.8 Å². The molecule has 0 amide bonds. The Bertz CT molecular complexity index is 165. The second-order valence-corrected chi connectivity index (χ2v) is 5.21. The van der Waals surface area contributed by atoms with E-state index in [-0.39, 0.29) is 0 Å². The third-order valence-electron chi connectivity index (χ3n) is 4.47. The average Bonchev–Trinajstić information content (AvgIpc) is 2.63. The zero-order chi connectivity index (χ0) is 7.31. The topological polar surface area (TPSA) is 0 Å². The van der Waals surface area contributed by atoms with E-state index in [1.807, 2.05) is 0 Å². The van der Waals surface area contributed by atoms with E-state index in [0.29, 0.717) is 0 Å². The van der Waals surface area contributed by atoms with Crippen LogP contribution in [0.4, 0.5) is 0 Å². The summed E-state index contributed by atoms with van der Waals surface area (Å²) in [5.74, 6) is 2.39. The number of rotatable bonds is 0. The first-order valence-corrected chi connectivity index (χ1v) is 5.38. The van der Waals surface area contributed by atoms with E-state index < -0.39 is 0 Å². The predicted octanol–water partition coefficient (Wildman–Crippen LogP) is 3.37. The molecule has 3 fully saturated rings. The van der Waals surface area contributed by atoms with Crippen LogP contribution in [-0.2, 0) is 0 Å². The molecule has 0 aromatic carbocycles. The van der Waals surface area contributed by atoms with E-state index in [0.717, 1.165) is 5.41 Å². The summed E-state index contributed by atoms with van der Waals surface area (Å²) in [7, 11) is 0. The van der Waals surface area contributed by atoms with Crippen LogP contribution in [-0.4, -0.2) is 0 Å². The second kappa shape index (κ2) is 2.02. The molecule has 3 rings (SSSR count). The van der Waals surface area contributed by atoms with Crippen LogP contribution in [0, 0.1) is 17.3 Å². The van der Waals surface area contributed by atoms with Crippen molar-refractivity contribution >= 4 is 0 Å². The highest BCUT2D eigenvalue weighted by atomic mass is 14.5. The largest absolute Gasteiger partial charge is 0.0528 e. The number of fused-ring (bicyclic) bond motifs is 1. The van der Waals surface area contributed by atoms with Crippen molar-refractivity contribution < 1.29 is 0 Å². The molecule has 0 N–H and O–H groups in total. The molecule has 2 atom stereocenters. The van der Waals surface area contributed by atoms with Gasteiger partial charge in [0.1, 0.15) is 0 Å². The molecule has 0 bridgehead atoms. The van der Waals surface area contributed by atoms with Crippen LogP contribution < -0.4 is 0 Å². The lowest BCUT2D eigenvalue weighted by atomic mass is 9.73. The Hall–Kier alpha value is 0. The van der Waals surface area contributed by atoms with Crippen molar-refractivity contribution in [2.75, 3.05) is 0 Å². The molecule has 0 heterocycles. The summed E-state index contributed by atoms with van der Waals surface area (Å²) in [6.45, 7) is 0. The van der Waals surface area contributed by atoms with Gasteiger partial charge in [0.25, 0.3) is 0 Å². The summed E-state index contributed by atoms with van der Waals surface area (Å²) in [5, 5.41) is 0. The molecular formula is C11H18. The molecule has 0 aliphatic heterocycles. The minimum absolute atomic E-state index is 0.887. The first-order chi connectivity index (χ1) is 5.38. The summed E-state index contributed by atoms with van der Waals surface area (Å²) < 4.78 is 0. The lowest BCUT2D eigenvalue weighted by Gasteiger charge is -2.32. The van der Waals surface area contributed by atoms with Crippen molar-refractivity contribution in [2.24, 2.45) is 17.3 Å². The lowest BCUT2D eigenvalue weighted by Crippen LogP contribution is -2.21. The Kier molecular flexibility index (Phi) is 1.20. The molecule has 0 aromatic heterocycles. The molecule has 0 heteroatoms. The van der Waals surface area contributed by atoms with Crippen molar-refractivity contribution in [1.82, 2.24) is 0 Å². The lowest BCUT2D eigenvalue weighted by molar-refractivity contribution is 0.188. The Labute approximate surface area is 69.4 Å². The van der Waals surface area contributed by atoms with Crippen LogP contribution in [0.25, 0.3) is 0 Å². The average molecular weight is 150 g/mol. The van der Waals surface area contributed by atoms with Gasteiger partial charge in [0.05, 0.1) is 0 Å². The van der Waals surface area contributed by atoms with Crippen LogP contribution in [0.15, 0.2) is 0 Å². The highest BCUT2D eigenvalue weighted by Gasteiger charge is 2.49. The van der Waals surface area contributed by atoms with Crippen molar-refractivity contribution in [3.05, 3.63) is 0 Å². The van der Waals surface area contributed by atoms with Crippen molar-refractivity contribution in [3.8, 4) is 0 Å². The van der Waals surface area contributed by atoms with Crippen LogP contribution in [0.3, 0.4) is 0 Å². The van der Waals surface area contributed by atoms with Crippen LogP contribution in [0.1, 0.15) is 51.4 Å². The Morgan fingerprint density at radius 3 is 2.45 bits per heavy atom. The fourth-order valence-corrected chi connectivity index (χ4v) is 3.64. The highest BCUT2D eigenvalue weighted by molar-refractivity contribution is 5.00. The van der Waals surface area contributed by atoms with Gasteiger partial charge in [-0.1, -0.05) is 12.8 Å². The normalized spacial score (nSPS) is 45.8. The fraction of sp³-hybridized carbons (Fsp3) is 1.00. The van der Waals surface area contributed by atoms with Gasteiger partial charge in [-0.15, -0.1) is 0 Å². The minimum Gasteiger partial charge on any atom is -0.0528 e. The number of hydrogen-bond donors (Lipinski definition) is 0. The number of hydrogen-bond acceptors (Lipinski definition) is 0. The van der Waals surface area contributed by atoms with E-state index in [2.05, 4.69) is 0 Å². The van der Waals surface area contributed by atoms with E-state index in [4.69, 9.17) is 0 Å². The third-order valence-corrected chi connectivity index (χ3v) is 4.47. The van der Waals surface area contributed by atoms with Gasteiger partial charge in [0.2, 0.25) is 0 Å². The molecule has 3 aliphatic carbocycles. The molecule has 62 valence electrons. The van der Waals surface area contributed by atoms with Gasteiger partial charge in [0.15, 0.2) is 0 Å². The van der Waals surface area contributed by atoms with Gasteiger partial charge in [-0.3, -0.25) is 0 Å². The maximum atomic E-state index is 1.62. The van der Waals surface area contributed by atoms with Crippen LogP contribution >= 0.6 is 0 Å². The third kappa shape index (κ3) is 0.947. The van der Waals surface area contributed by atoms with Crippen molar-refractivity contribution in [1.29, 1.82) is 0 Å². The molecule has 0 nitrogen and oxygen atoms in total. The summed E-state index contributed by atoms with van der Waals surface area (Å²) in [5.41, 5.74) is 0.887. The fourth-order valence-electron chi connectivity index (χ4n) is 3.64.